The molecule has 7 heteroatoms. The number of carbonyl (C=O) groups is 1. The predicted octanol–water partition coefficient (Wildman–Crippen LogP) is 2.92. The van der Waals surface area contributed by atoms with Crippen LogP contribution in [0.4, 0.5) is 13.2 Å². The summed E-state index contributed by atoms with van der Waals surface area (Å²) in [5, 5.41) is 0. The second-order valence-corrected chi connectivity index (χ2v) is 5.30. The van der Waals surface area contributed by atoms with E-state index in [0.717, 1.165) is 18.6 Å². The number of alkyl halides is 3. The third kappa shape index (κ3) is 2.59. The van der Waals surface area contributed by atoms with Crippen LogP contribution in [0.5, 0.6) is 0 Å². The van der Waals surface area contributed by atoms with Crippen molar-refractivity contribution in [2.75, 3.05) is 13.1 Å². The Morgan fingerprint density at radius 3 is 2.81 bits per heavy atom. The van der Waals surface area contributed by atoms with E-state index in [1.54, 1.807) is 4.90 Å². The number of benzene rings is 1. The van der Waals surface area contributed by atoms with Gasteiger partial charge in [0.15, 0.2) is 0 Å². The number of nitrogens with one attached hydrogen (secondary N) is 1. The summed E-state index contributed by atoms with van der Waals surface area (Å²) in [7, 11) is 0. The maximum Gasteiger partial charge on any atom is 0.416 e. The summed E-state index contributed by atoms with van der Waals surface area (Å²) < 4.78 is 38.1. The molecule has 0 aliphatic carbocycles. The molecule has 1 aromatic heterocycles. The summed E-state index contributed by atoms with van der Waals surface area (Å²) in [4.78, 5) is 20.4. The number of aromatic amines is 1. The van der Waals surface area contributed by atoms with Crippen LogP contribution in [0.15, 0.2) is 18.2 Å². The molecular weight excluding hydrogens is 283 g/mol. The Balaban J connectivity index is 1.90. The molecule has 1 unspecified atom stereocenters. The quantitative estimate of drug-likeness (QED) is 0.880. The number of hydrogen-bond donors (Lipinski definition) is 1. The topological polar surface area (TPSA) is 49.0 Å². The molecule has 1 fully saturated rings. The summed E-state index contributed by atoms with van der Waals surface area (Å²) in [5.41, 5.74) is 0.197. The fraction of sp³-hybridized carbons (Fsp3) is 0.429. The van der Waals surface area contributed by atoms with E-state index in [1.165, 1.54) is 13.0 Å². The third-order valence-corrected chi connectivity index (χ3v) is 3.85. The van der Waals surface area contributed by atoms with Crippen LogP contribution in [-0.4, -0.2) is 33.9 Å². The van der Waals surface area contributed by atoms with E-state index in [9.17, 15) is 18.0 Å². The molecule has 21 heavy (non-hydrogen) atoms. The van der Waals surface area contributed by atoms with Gasteiger partial charge in [-0.05, 0) is 24.6 Å². The zero-order valence-corrected chi connectivity index (χ0v) is 11.4. The molecule has 0 bridgehead atoms. The highest BCUT2D eigenvalue weighted by atomic mass is 19.4. The van der Waals surface area contributed by atoms with Crippen molar-refractivity contribution in [1.82, 2.24) is 14.9 Å². The highest BCUT2D eigenvalue weighted by Gasteiger charge is 2.31. The van der Waals surface area contributed by atoms with Gasteiger partial charge in [0.2, 0.25) is 5.91 Å². The number of carbonyl (C=O) groups excluding carboxylic acids is 1. The van der Waals surface area contributed by atoms with Gasteiger partial charge >= 0.3 is 6.18 Å². The second-order valence-electron chi connectivity index (χ2n) is 5.30. The molecule has 1 N–H and O–H groups in total. The van der Waals surface area contributed by atoms with Gasteiger partial charge in [-0.3, -0.25) is 4.79 Å². The normalized spacial score (nSPS) is 19.4. The van der Waals surface area contributed by atoms with E-state index < -0.39 is 11.7 Å². The Bertz CT molecular complexity index is 692. The molecule has 4 nitrogen and oxygen atoms in total. The Morgan fingerprint density at radius 1 is 1.43 bits per heavy atom. The Kier molecular flexibility index (Phi) is 3.15. The molecule has 112 valence electrons. The van der Waals surface area contributed by atoms with E-state index in [4.69, 9.17) is 0 Å². The van der Waals surface area contributed by atoms with Crippen LogP contribution < -0.4 is 0 Å². The van der Waals surface area contributed by atoms with Gasteiger partial charge in [0.25, 0.3) is 0 Å². The molecule has 1 amide bonds. The first kappa shape index (κ1) is 13.9. The first-order chi connectivity index (χ1) is 9.84. The first-order valence-electron chi connectivity index (χ1n) is 6.67. The van der Waals surface area contributed by atoms with Crippen molar-refractivity contribution in [1.29, 1.82) is 0 Å². The molecular formula is C14H14F3N3O. The molecule has 0 radical (unpaired) electrons. The van der Waals surface area contributed by atoms with Crippen LogP contribution in [0.1, 0.15) is 30.7 Å². The third-order valence-electron chi connectivity index (χ3n) is 3.85. The molecule has 1 aliphatic rings. The van der Waals surface area contributed by atoms with Crippen LogP contribution >= 0.6 is 0 Å². The first-order valence-corrected chi connectivity index (χ1v) is 6.67. The molecule has 1 aromatic carbocycles. The van der Waals surface area contributed by atoms with Crippen LogP contribution in [-0.2, 0) is 11.0 Å². The number of amides is 1. The van der Waals surface area contributed by atoms with Crippen LogP contribution in [0.2, 0.25) is 0 Å². The predicted molar refractivity (Wildman–Crippen MR) is 70.7 cm³/mol. The van der Waals surface area contributed by atoms with E-state index in [1.807, 2.05) is 0 Å². The van der Waals surface area contributed by atoms with E-state index in [-0.39, 0.29) is 11.8 Å². The second kappa shape index (κ2) is 4.75. The molecule has 0 spiro atoms. The Labute approximate surface area is 119 Å². The molecule has 1 aliphatic heterocycles. The zero-order valence-electron chi connectivity index (χ0n) is 11.4. The van der Waals surface area contributed by atoms with Gasteiger partial charge in [-0.2, -0.15) is 13.2 Å². The largest absolute Gasteiger partial charge is 0.416 e. The number of aromatic nitrogens is 2. The fourth-order valence-electron chi connectivity index (χ4n) is 2.67. The van der Waals surface area contributed by atoms with Crippen LogP contribution in [0, 0.1) is 0 Å². The summed E-state index contributed by atoms with van der Waals surface area (Å²) in [6, 6.07) is 3.48. The van der Waals surface area contributed by atoms with Crippen molar-refractivity contribution in [3.05, 3.63) is 29.6 Å². The van der Waals surface area contributed by atoms with Crippen molar-refractivity contribution >= 4 is 16.9 Å². The number of hydrogen-bond acceptors (Lipinski definition) is 2. The smallest absolute Gasteiger partial charge is 0.342 e. The number of H-pyrrole nitrogens is 1. The van der Waals surface area contributed by atoms with Gasteiger partial charge in [0, 0.05) is 25.9 Å². The van der Waals surface area contributed by atoms with Gasteiger partial charge in [0.1, 0.15) is 5.82 Å². The van der Waals surface area contributed by atoms with Crippen LogP contribution in [0.3, 0.4) is 0 Å². The minimum Gasteiger partial charge on any atom is -0.342 e. The monoisotopic (exact) mass is 297 g/mol. The fourth-order valence-corrected chi connectivity index (χ4v) is 2.67. The number of nitrogens with zero attached hydrogens (tertiary/aromatic N) is 2. The number of rotatable bonds is 1. The SMILES string of the molecule is CC(=O)N1CCC(c2nc3ccc(C(F)(F)F)cc3[nH]2)C1. The number of fused-ring (bicyclic) bond motifs is 1. The summed E-state index contributed by atoms with van der Waals surface area (Å²) >= 11 is 0. The molecule has 0 saturated carbocycles. The van der Waals surface area contributed by atoms with Gasteiger partial charge < -0.3 is 9.88 Å². The maximum atomic E-state index is 12.7. The summed E-state index contributed by atoms with van der Waals surface area (Å²) in [6.45, 7) is 2.72. The highest BCUT2D eigenvalue weighted by Crippen LogP contribution is 2.32. The average molecular weight is 297 g/mol. The van der Waals surface area contributed by atoms with Crippen molar-refractivity contribution < 1.29 is 18.0 Å². The van der Waals surface area contributed by atoms with E-state index >= 15 is 0 Å². The molecule has 2 aromatic rings. The number of likely N-dealkylation sites (tertiary alicyclic amines) is 1. The van der Waals surface area contributed by atoms with Crippen molar-refractivity contribution in [3.8, 4) is 0 Å². The molecule has 2 heterocycles. The Hall–Kier alpha value is -2.05. The maximum absolute atomic E-state index is 12.7. The standard InChI is InChI=1S/C14H14F3N3O/c1-8(21)20-5-4-9(7-20)13-18-11-3-2-10(14(15,16)17)6-12(11)19-13/h2-3,6,9H,4-5,7H2,1H3,(H,18,19). The van der Waals surface area contributed by atoms with Gasteiger partial charge in [-0.25, -0.2) is 4.98 Å². The van der Waals surface area contributed by atoms with E-state index in [2.05, 4.69) is 9.97 Å². The van der Waals surface area contributed by atoms with Crippen molar-refractivity contribution in [3.63, 3.8) is 0 Å². The van der Waals surface area contributed by atoms with Gasteiger partial charge in [0.05, 0.1) is 16.6 Å². The molecule has 3 rings (SSSR count). The minimum atomic E-state index is -4.36. The lowest BCUT2D eigenvalue weighted by atomic mass is 10.1. The minimum absolute atomic E-state index is 0.00738. The van der Waals surface area contributed by atoms with E-state index in [0.29, 0.717) is 29.9 Å². The summed E-state index contributed by atoms with van der Waals surface area (Å²) in [6.07, 6.45) is -3.59. The van der Waals surface area contributed by atoms with Crippen molar-refractivity contribution in [2.24, 2.45) is 0 Å². The number of imidazole rings is 1. The average Bonchev–Trinajstić information content (AvgIpc) is 3.03. The van der Waals surface area contributed by atoms with Crippen molar-refractivity contribution in [2.45, 2.75) is 25.4 Å². The van der Waals surface area contributed by atoms with Gasteiger partial charge in [-0.15, -0.1) is 0 Å². The summed E-state index contributed by atoms with van der Waals surface area (Å²) in [5.74, 6) is 0.705. The lowest BCUT2D eigenvalue weighted by Crippen LogP contribution is -2.25. The number of halogens is 3. The lowest BCUT2D eigenvalue weighted by Gasteiger charge is -2.12. The Morgan fingerprint density at radius 2 is 2.19 bits per heavy atom. The zero-order chi connectivity index (χ0) is 15.2. The lowest BCUT2D eigenvalue weighted by molar-refractivity contribution is -0.137. The highest BCUT2D eigenvalue weighted by molar-refractivity contribution is 5.76. The molecule has 1 saturated heterocycles. The molecule has 1 atom stereocenters. The van der Waals surface area contributed by atoms with Gasteiger partial charge in [-0.1, -0.05) is 0 Å². The van der Waals surface area contributed by atoms with Crippen LogP contribution in [0.25, 0.3) is 11.0 Å².